The molecule has 0 radical (unpaired) electrons. The third-order valence-corrected chi connectivity index (χ3v) is 4.21. The van der Waals surface area contributed by atoms with Crippen molar-refractivity contribution in [2.75, 3.05) is 18.0 Å². The summed E-state index contributed by atoms with van der Waals surface area (Å²) in [5.41, 5.74) is 10.9. The summed E-state index contributed by atoms with van der Waals surface area (Å²) in [6.07, 6.45) is 2.01. The van der Waals surface area contributed by atoms with Gasteiger partial charge in [-0.3, -0.25) is 5.10 Å². The minimum absolute atomic E-state index is 0.321. The van der Waals surface area contributed by atoms with Crippen molar-refractivity contribution in [3.05, 3.63) is 28.8 Å². The van der Waals surface area contributed by atoms with Gasteiger partial charge in [0.15, 0.2) is 5.82 Å². The van der Waals surface area contributed by atoms with Crippen molar-refractivity contribution >= 4 is 5.95 Å². The number of benzene rings is 1. The molecule has 1 aromatic heterocycles. The zero-order valence-corrected chi connectivity index (χ0v) is 13.0. The van der Waals surface area contributed by atoms with Crippen LogP contribution in [0.2, 0.25) is 0 Å². The van der Waals surface area contributed by atoms with Crippen LogP contribution in [0.4, 0.5) is 5.95 Å². The number of aryl methyl sites for hydroxylation is 3. The summed E-state index contributed by atoms with van der Waals surface area (Å²) >= 11 is 0. The average Bonchev–Trinajstić information content (AvgIpc) is 2.87. The molecule has 0 amide bonds. The number of piperidine rings is 1. The van der Waals surface area contributed by atoms with E-state index >= 15 is 0 Å². The molecule has 3 rings (SSSR count). The highest BCUT2D eigenvalue weighted by molar-refractivity contribution is 5.66. The summed E-state index contributed by atoms with van der Waals surface area (Å²) in [6, 6.07) is 4.69. The molecule has 2 aromatic rings. The van der Waals surface area contributed by atoms with E-state index in [1.165, 1.54) is 16.7 Å². The molecule has 0 atom stereocenters. The Morgan fingerprint density at radius 2 is 1.76 bits per heavy atom. The molecule has 0 saturated carbocycles. The monoisotopic (exact) mass is 285 g/mol. The van der Waals surface area contributed by atoms with Crippen LogP contribution >= 0.6 is 0 Å². The molecule has 1 aromatic carbocycles. The fraction of sp³-hybridized carbons (Fsp3) is 0.500. The van der Waals surface area contributed by atoms with E-state index in [1.54, 1.807) is 0 Å². The van der Waals surface area contributed by atoms with Gasteiger partial charge in [-0.05, 0) is 44.7 Å². The van der Waals surface area contributed by atoms with E-state index in [0.29, 0.717) is 6.04 Å². The highest BCUT2D eigenvalue weighted by atomic mass is 15.4. The normalized spacial score (nSPS) is 16.5. The molecular formula is C16H23N5. The van der Waals surface area contributed by atoms with E-state index in [4.69, 9.17) is 10.7 Å². The minimum Gasteiger partial charge on any atom is -0.339 e. The van der Waals surface area contributed by atoms with Gasteiger partial charge in [0, 0.05) is 24.7 Å². The average molecular weight is 285 g/mol. The van der Waals surface area contributed by atoms with Crippen LogP contribution in [0.3, 0.4) is 0 Å². The zero-order valence-electron chi connectivity index (χ0n) is 13.0. The molecule has 3 N–H and O–H groups in total. The van der Waals surface area contributed by atoms with E-state index < -0.39 is 0 Å². The lowest BCUT2D eigenvalue weighted by atomic mass is 9.99. The summed E-state index contributed by atoms with van der Waals surface area (Å²) in [5, 5.41) is 7.49. The number of nitrogens with two attached hydrogens (primary N) is 1. The second-order valence-electron chi connectivity index (χ2n) is 6.08. The fourth-order valence-electron chi connectivity index (χ4n) is 3.16. The number of nitrogens with zero attached hydrogens (tertiary/aromatic N) is 3. The van der Waals surface area contributed by atoms with Crippen molar-refractivity contribution in [1.29, 1.82) is 0 Å². The Bertz CT molecular complexity index is 615. The summed E-state index contributed by atoms with van der Waals surface area (Å²) in [7, 11) is 0. The van der Waals surface area contributed by atoms with Gasteiger partial charge < -0.3 is 10.6 Å². The highest BCUT2D eigenvalue weighted by Gasteiger charge is 2.20. The molecule has 1 aliphatic rings. The van der Waals surface area contributed by atoms with E-state index in [1.807, 2.05) is 0 Å². The van der Waals surface area contributed by atoms with E-state index in [9.17, 15) is 0 Å². The summed E-state index contributed by atoms with van der Waals surface area (Å²) in [4.78, 5) is 6.91. The first-order chi connectivity index (χ1) is 10.0. The Morgan fingerprint density at radius 1 is 1.14 bits per heavy atom. The SMILES string of the molecule is Cc1cc(C)c(-c2nc(N3CCC(N)CC3)n[nH]2)c(C)c1. The van der Waals surface area contributed by atoms with Gasteiger partial charge in [0.25, 0.3) is 0 Å². The third kappa shape index (κ3) is 2.78. The predicted molar refractivity (Wildman–Crippen MR) is 85.5 cm³/mol. The van der Waals surface area contributed by atoms with Crippen LogP contribution in [0.5, 0.6) is 0 Å². The zero-order chi connectivity index (χ0) is 15.0. The fourth-order valence-corrected chi connectivity index (χ4v) is 3.16. The number of rotatable bonds is 2. The van der Waals surface area contributed by atoms with Crippen LogP contribution in [0.15, 0.2) is 12.1 Å². The largest absolute Gasteiger partial charge is 0.339 e. The number of aromatic amines is 1. The molecule has 1 aliphatic heterocycles. The van der Waals surface area contributed by atoms with Gasteiger partial charge >= 0.3 is 0 Å². The van der Waals surface area contributed by atoms with Crippen molar-refractivity contribution in [3.8, 4) is 11.4 Å². The Kier molecular flexibility index (Phi) is 3.68. The van der Waals surface area contributed by atoms with Gasteiger partial charge in [0.1, 0.15) is 0 Å². The predicted octanol–water partition coefficient (Wildman–Crippen LogP) is 2.32. The molecule has 0 unspecified atom stereocenters. The number of anilines is 1. The molecule has 1 fully saturated rings. The molecule has 0 aliphatic carbocycles. The Labute approximate surface area is 125 Å². The van der Waals surface area contributed by atoms with Crippen LogP contribution < -0.4 is 10.6 Å². The van der Waals surface area contributed by atoms with Gasteiger partial charge in [-0.1, -0.05) is 17.7 Å². The second-order valence-corrected chi connectivity index (χ2v) is 6.08. The Morgan fingerprint density at radius 3 is 2.38 bits per heavy atom. The third-order valence-electron chi connectivity index (χ3n) is 4.21. The lowest BCUT2D eigenvalue weighted by Gasteiger charge is -2.28. The molecule has 0 spiro atoms. The van der Waals surface area contributed by atoms with Crippen LogP contribution in [0.25, 0.3) is 11.4 Å². The molecule has 1 saturated heterocycles. The summed E-state index contributed by atoms with van der Waals surface area (Å²) in [5.74, 6) is 1.64. The van der Waals surface area contributed by atoms with E-state index in [0.717, 1.165) is 43.3 Å². The van der Waals surface area contributed by atoms with Crippen molar-refractivity contribution in [2.45, 2.75) is 39.7 Å². The molecular weight excluding hydrogens is 262 g/mol. The maximum absolute atomic E-state index is 5.95. The Hall–Kier alpha value is -1.88. The quantitative estimate of drug-likeness (QED) is 0.888. The maximum Gasteiger partial charge on any atom is 0.245 e. The van der Waals surface area contributed by atoms with Gasteiger partial charge in [-0.15, -0.1) is 5.10 Å². The molecule has 112 valence electrons. The molecule has 0 bridgehead atoms. The van der Waals surface area contributed by atoms with Gasteiger partial charge in [-0.25, -0.2) is 0 Å². The standard InChI is InChI=1S/C16H23N5/c1-10-8-11(2)14(12(3)9-10)15-18-16(20-19-15)21-6-4-13(17)5-7-21/h8-9,13H,4-7,17H2,1-3H3,(H,18,19,20). The van der Waals surface area contributed by atoms with E-state index in [-0.39, 0.29) is 0 Å². The molecule has 2 heterocycles. The highest BCUT2D eigenvalue weighted by Crippen LogP contribution is 2.27. The van der Waals surface area contributed by atoms with Gasteiger partial charge in [0.2, 0.25) is 5.95 Å². The first-order valence-electron chi connectivity index (χ1n) is 7.56. The topological polar surface area (TPSA) is 70.8 Å². The summed E-state index contributed by atoms with van der Waals surface area (Å²) in [6.45, 7) is 8.23. The Balaban J connectivity index is 1.89. The number of aromatic nitrogens is 3. The molecule has 5 nitrogen and oxygen atoms in total. The van der Waals surface area contributed by atoms with Gasteiger partial charge in [0.05, 0.1) is 0 Å². The van der Waals surface area contributed by atoms with Crippen molar-refractivity contribution in [3.63, 3.8) is 0 Å². The molecule has 21 heavy (non-hydrogen) atoms. The lowest BCUT2D eigenvalue weighted by molar-refractivity contribution is 0.496. The minimum atomic E-state index is 0.321. The first kappa shape index (κ1) is 14.1. The van der Waals surface area contributed by atoms with Crippen LogP contribution in [0.1, 0.15) is 29.5 Å². The number of nitrogens with one attached hydrogen (secondary N) is 1. The lowest BCUT2D eigenvalue weighted by Crippen LogP contribution is -2.40. The van der Waals surface area contributed by atoms with Gasteiger partial charge in [-0.2, -0.15) is 4.98 Å². The second kappa shape index (κ2) is 5.48. The van der Waals surface area contributed by atoms with Crippen LogP contribution in [0, 0.1) is 20.8 Å². The number of H-pyrrole nitrogens is 1. The summed E-state index contributed by atoms with van der Waals surface area (Å²) < 4.78 is 0. The van der Waals surface area contributed by atoms with Crippen molar-refractivity contribution < 1.29 is 0 Å². The van der Waals surface area contributed by atoms with Crippen molar-refractivity contribution in [1.82, 2.24) is 15.2 Å². The van der Waals surface area contributed by atoms with Crippen LogP contribution in [-0.2, 0) is 0 Å². The number of hydrogen-bond acceptors (Lipinski definition) is 4. The van der Waals surface area contributed by atoms with Crippen molar-refractivity contribution in [2.24, 2.45) is 5.73 Å². The van der Waals surface area contributed by atoms with E-state index in [2.05, 4.69) is 48.0 Å². The van der Waals surface area contributed by atoms with Crippen LogP contribution in [-0.4, -0.2) is 34.3 Å². The first-order valence-corrected chi connectivity index (χ1v) is 7.56. The maximum atomic E-state index is 5.95. The number of hydrogen-bond donors (Lipinski definition) is 2. The molecule has 5 heteroatoms. The smallest absolute Gasteiger partial charge is 0.245 e.